The van der Waals surface area contributed by atoms with Crippen LogP contribution in [-0.4, -0.2) is 34.6 Å². The second kappa shape index (κ2) is 7.40. The lowest BCUT2D eigenvalue weighted by atomic mass is 9.90. The molecule has 1 aliphatic rings. The average molecular weight is 364 g/mol. The molecule has 1 aromatic carbocycles. The number of rotatable bonds is 5. The normalized spacial score (nSPS) is 16.2. The molecule has 3 aromatic rings. The Kier molecular flexibility index (Phi) is 4.81. The van der Waals surface area contributed by atoms with Gasteiger partial charge in [0.2, 0.25) is 0 Å². The van der Waals surface area contributed by atoms with Crippen LogP contribution in [0, 0.1) is 6.92 Å². The number of pyridine rings is 1. The van der Waals surface area contributed by atoms with Crippen molar-refractivity contribution in [3.8, 4) is 5.75 Å². The number of fused-ring (bicyclic) bond motifs is 1. The van der Waals surface area contributed by atoms with Gasteiger partial charge in [0.05, 0.1) is 5.69 Å². The zero-order valence-corrected chi connectivity index (χ0v) is 15.4. The van der Waals surface area contributed by atoms with Crippen molar-refractivity contribution in [2.45, 2.75) is 31.9 Å². The molecule has 0 atom stereocenters. The maximum Gasteiger partial charge on any atom is 0.264 e. The Morgan fingerprint density at radius 2 is 2.07 bits per heavy atom. The number of benzene rings is 1. The molecule has 2 aromatic heterocycles. The predicted molar refractivity (Wildman–Crippen MR) is 105 cm³/mol. The Bertz CT molecular complexity index is 944. The average Bonchev–Trinajstić information content (AvgIpc) is 3.18. The van der Waals surface area contributed by atoms with E-state index in [0.29, 0.717) is 25.1 Å². The van der Waals surface area contributed by atoms with E-state index in [1.165, 1.54) is 0 Å². The predicted octanol–water partition coefficient (Wildman–Crippen LogP) is 2.69. The minimum atomic E-state index is -0.870. The second-order valence-electron chi connectivity index (χ2n) is 6.97. The Hall–Kier alpha value is -2.86. The largest absolute Gasteiger partial charge is 0.475 e. The van der Waals surface area contributed by atoms with Crippen LogP contribution in [0.1, 0.15) is 24.1 Å². The minimum absolute atomic E-state index is 0.0696. The van der Waals surface area contributed by atoms with Crippen LogP contribution in [0.2, 0.25) is 0 Å². The molecule has 27 heavy (non-hydrogen) atoms. The molecule has 4 rings (SSSR count). The van der Waals surface area contributed by atoms with E-state index >= 15 is 0 Å². The highest BCUT2D eigenvalue weighted by atomic mass is 16.5. The molecule has 1 aliphatic heterocycles. The fourth-order valence-corrected chi connectivity index (χ4v) is 3.64. The topological polar surface area (TPSA) is 79.0 Å². The first-order chi connectivity index (χ1) is 13.2. The molecule has 3 N–H and O–H groups in total. The number of hydrogen-bond donors (Lipinski definition) is 3. The van der Waals surface area contributed by atoms with Crippen LogP contribution in [0.4, 0.5) is 0 Å². The van der Waals surface area contributed by atoms with E-state index in [1.54, 1.807) is 6.20 Å². The molecular weight excluding hydrogens is 340 g/mol. The second-order valence-corrected chi connectivity index (χ2v) is 6.97. The standard InChI is InChI=1S/C21H24N4O2/c1-15-19(6-3-10-23-15)27-21(8-12-22-13-9-21)20(26)25-14-16-4-2-5-18-17(16)7-11-24-18/h2-7,10-11,22,24H,8-9,12-14H2,1H3,(H,25,26). The number of aromatic amines is 1. The molecule has 6 heteroatoms. The van der Waals surface area contributed by atoms with Gasteiger partial charge < -0.3 is 20.4 Å². The Labute approximate surface area is 158 Å². The van der Waals surface area contributed by atoms with Crippen LogP contribution < -0.4 is 15.4 Å². The highest BCUT2D eigenvalue weighted by Gasteiger charge is 2.42. The van der Waals surface area contributed by atoms with Crippen LogP contribution in [0.3, 0.4) is 0 Å². The van der Waals surface area contributed by atoms with Gasteiger partial charge in [-0.05, 0) is 49.8 Å². The molecule has 3 heterocycles. The summed E-state index contributed by atoms with van der Waals surface area (Å²) in [4.78, 5) is 20.7. The van der Waals surface area contributed by atoms with Crippen LogP contribution in [0.5, 0.6) is 5.75 Å². The van der Waals surface area contributed by atoms with Crippen molar-refractivity contribution in [1.29, 1.82) is 0 Å². The molecule has 0 radical (unpaired) electrons. The summed E-state index contributed by atoms with van der Waals surface area (Å²) in [5.74, 6) is 0.599. The number of H-pyrrole nitrogens is 1. The molecular formula is C21H24N4O2. The van der Waals surface area contributed by atoms with Crippen molar-refractivity contribution in [2.24, 2.45) is 0 Å². The van der Waals surface area contributed by atoms with Gasteiger partial charge in [-0.3, -0.25) is 9.78 Å². The van der Waals surface area contributed by atoms with Gasteiger partial charge in [-0.15, -0.1) is 0 Å². The molecule has 1 fully saturated rings. The number of hydrogen-bond acceptors (Lipinski definition) is 4. The first-order valence-electron chi connectivity index (χ1n) is 9.33. The molecule has 0 aliphatic carbocycles. The maximum absolute atomic E-state index is 13.2. The molecule has 1 amide bonds. The zero-order valence-electron chi connectivity index (χ0n) is 15.4. The van der Waals surface area contributed by atoms with Gasteiger partial charge in [0, 0.05) is 42.7 Å². The number of aryl methyl sites for hydroxylation is 1. The number of aromatic nitrogens is 2. The summed E-state index contributed by atoms with van der Waals surface area (Å²) in [5.41, 5.74) is 2.08. The Balaban J connectivity index is 1.54. The molecule has 6 nitrogen and oxygen atoms in total. The van der Waals surface area contributed by atoms with E-state index in [9.17, 15) is 4.79 Å². The Morgan fingerprint density at radius 3 is 2.89 bits per heavy atom. The van der Waals surface area contributed by atoms with E-state index in [-0.39, 0.29) is 5.91 Å². The highest BCUT2D eigenvalue weighted by Crippen LogP contribution is 2.28. The van der Waals surface area contributed by atoms with Crippen LogP contribution in [-0.2, 0) is 11.3 Å². The van der Waals surface area contributed by atoms with Gasteiger partial charge in [-0.1, -0.05) is 12.1 Å². The number of nitrogens with one attached hydrogen (secondary N) is 3. The SMILES string of the molecule is Cc1ncccc1OC1(C(=O)NCc2cccc3[nH]ccc23)CCNCC1. The summed E-state index contributed by atoms with van der Waals surface area (Å²) >= 11 is 0. The summed E-state index contributed by atoms with van der Waals surface area (Å²) < 4.78 is 6.28. The number of piperidine rings is 1. The van der Waals surface area contributed by atoms with Crippen LogP contribution in [0.15, 0.2) is 48.8 Å². The third kappa shape index (κ3) is 3.53. The molecule has 0 spiro atoms. The van der Waals surface area contributed by atoms with Gasteiger partial charge in [0.1, 0.15) is 5.75 Å². The molecule has 0 unspecified atom stereocenters. The maximum atomic E-state index is 13.2. The first kappa shape index (κ1) is 17.5. The smallest absolute Gasteiger partial charge is 0.264 e. The van der Waals surface area contributed by atoms with Crippen molar-refractivity contribution in [2.75, 3.05) is 13.1 Å². The summed E-state index contributed by atoms with van der Waals surface area (Å²) in [7, 11) is 0. The van der Waals surface area contributed by atoms with Gasteiger partial charge in [0.15, 0.2) is 5.60 Å². The van der Waals surface area contributed by atoms with Gasteiger partial charge >= 0.3 is 0 Å². The Morgan fingerprint density at radius 1 is 1.22 bits per heavy atom. The van der Waals surface area contributed by atoms with Crippen molar-refractivity contribution < 1.29 is 9.53 Å². The van der Waals surface area contributed by atoms with E-state index in [2.05, 4.69) is 20.6 Å². The van der Waals surface area contributed by atoms with Crippen molar-refractivity contribution in [3.63, 3.8) is 0 Å². The highest BCUT2D eigenvalue weighted by molar-refractivity contribution is 5.87. The lowest BCUT2D eigenvalue weighted by Gasteiger charge is -2.36. The summed E-state index contributed by atoms with van der Waals surface area (Å²) in [6.07, 6.45) is 4.90. The van der Waals surface area contributed by atoms with Crippen molar-refractivity contribution in [1.82, 2.24) is 20.6 Å². The fourth-order valence-electron chi connectivity index (χ4n) is 3.64. The lowest BCUT2D eigenvalue weighted by molar-refractivity contribution is -0.139. The monoisotopic (exact) mass is 364 g/mol. The molecule has 0 bridgehead atoms. The number of nitrogens with zero attached hydrogens (tertiary/aromatic N) is 1. The molecule has 140 valence electrons. The number of ether oxygens (including phenoxy) is 1. The third-order valence-electron chi connectivity index (χ3n) is 5.21. The van der Waals surface area contributed by atoms with E-state index in [0.717, 1.165) is 35.2 Å². The molecule has 1 saturated heterocycles. The number of amides is 1. The minimum Gasteiger partial charge on any atom is -0.475 e. The summed E-state index contributed by atoms with van der Waals surface area (Å²) in [6, 6.07) is 11.8. The van der Waals surface area contributed by atoms with Gasteiger partial charge in [-0.2, -0.15) is 0 Å². The summed E-state index contributed by atoms with van der Waals surface area (Å²) in [6.45, 7) is 3.87. The fraction of sp³-hybridized carbons (Fsp3) is 0.333. The first-order valence-corrected chi connectivity index (χ1v) is 9.33. The number of carbonyl (C=O) groups is 1. The van der Waals surface area contributed by atoms with Gasteiger partial charge in [0.25, 0.3) is 5.91 Å². The zero-order chi connectivity index (χ0) is 18.7. The summed E-state index contributed by atoms with van der Waals surface area (Å²) in [5, 5.41) is 7.54. The van der Waals surface area contributed by atoms with E-state index < -0.39 is 5.60 Å². The quantitative estimate of drug-likeness (QED) is 0.650. The third-order valence-corrected chi connectivity index (χ3v) is 5.21. The lowest BCUT2D eigenvalue weighted by Crippen LogP contribution is -2.56. The van der Waals surface area contributed by atoms with Crippen LogP contribution in [0.25, 0.3) is 10.9 Å². The van der Waals surface area contributed by atoms with Gasteiger partial charge in [-0.25, -0.2) is 0 Å². The van der Waals surface area contributed by atoms with E-state index in [1.807, 2.05) is 49.5 Å². The number of carbonyl (C=O) groups excluding carboxylic acids is 1. The van der Waals surface area contributed by atoms with Crippen LogP contribution >= 0.6 is 0 Å². The van der Waals surface area contributed by atoms with E-state index in [4.69, 9.17) is 4.74 Å². The van der Waals surface area contributed by atoms with Crippen molar-refractivity contribution >= 4 is 16.8 Å². The van der Waals surface area contributed by atoms with Crippen molar-refractivity contribution in [3.05, 3.63) is 60.0 Å². The molecule has 0 saturated carbocycles.